The predicted molar refractivity (Wildman–Crippen MR) is 88.0 cm³/mol. The lowest BCUT2D eigenvalue weighted by Gasteiger charge is -2.24. The molecule has 1 unspecified atom stereocenters. The zero-order chi connectivity index (χ0) is 15.2. The molecule has 1 atom stereocenters. The Kier molecular flexibility index (Phi) is 5.48. The maximum Gasteiger partial charge on any atom is 0.0547 e. The van der Waals surface area contributed by atoms with Crippen LogP contribution < -0.4 is 5.73 Å². The van der Waals surface area contributed by atoms with E-state index in [1.807, 2.05) is 13.0 Å². The van der Waals surface area contributed by atoms with Crippen LogP contribution >= 0.6 is 0 Å². The number of aryl methyl sites for hydroxylation is 2. The Bertz CT molecular complexity index is 580. The van der Waals surface area contributed by atoms with Crippen LogP contribution in [0.25, 0.3) is 0 Å². The van der Waals surface area contributed by atoms with Crippen molar-refractivity contribution in [3.05, 3.63) is 65.0 Å². The molecule has 2 N–H and O–H groups in total. The molecule has 0 aliphatic carbocycles. The van der Waals surface area contributed by atoms with Gasteiger partial charge in [0.2, 0.25) is 0 Å². The fourth-order valence-electron chi connectivity index (χ4n) is 2.51. The maximum absolute atomic E-state index is 6.36. The van der Waals surface area contributed by atoms with E-state index >= 15 is 0 Å². The summed E-state index contributed by atoms with van der Waals surface area (Å²) < 4.78 is 0. The standard InChI is InChI=1S/C18H25N3/c1-4-21(12-17-10-6-8-15(3)20-17)13-18(19)16-9-5-7-14(2)11-16/h5-11,18H,4,12-13,19H2,1-3H3. The van der Waals surface area contributed by atoms with Gasteiger partial charge in [0.05, 0.1) is 5.69 Å². The SMILES string of the molecule is CCN(Cc1cccc(C)n1)CC(N)c1cccc(C)c1. The fraction of sp³-hybridized carbons (Fsp3) is 0.389. The van der Waals surface area contributed by atoms with Gasteiger partial charge in [-0.15, -0.1) is 0 Å². The summed E-state index contributed by atoms with van der Waals surface area (Å²) in [5, 5.41) is 0. The molecule has 21 heavy (non-hydrogen) atoms. The maximum atomic E-state index is 6.36. The Hall–Kier alpha value is -1.71. The summed E-state index contributed by atoms with van der Waals surface area (Å²) in [6.07, 6.45) is 0. The van der Waals surface area contributed by atoms with Gasteiger partial charge in [0.15, 0.2) is 0 Å². The number of nitrogens with two attached hydrogens (primary N) is 1. The van der Waals surface area contributed by atoms with Crippen molar-refractivity contribution in [2.24, 2.45) is 5.73 Å². The van der Waals surface area contributed by atoms with Crippen molar-refractivity contribution in [3.63, 3.8) is 0 Å². The van der Waals surface area contributed by atoms with Gasteiger partial charge in [0.25, 0.3) is 0 Å². The summed E-state index contributed by atoms with van der Waals surface area (Å²) in [4.78, 5) is 6.91. The van der Waals surface area contributed by atoms with E-state index in [0.29, 0.717) is 0 Å². The van der Waals surface area contributed by atoms with E-state index in [0.717, 1.165) is 31.0 Å². The predicted octanol–water partition coefficient (Wildman–Crippen LogP) is 3.22. The van der Waals surface area contributed by atoms with Gasteiger partial charge < -0.3 is 5.73 Å². The average Bonchev–Trinajstić information content (AvgIpc) is 2.46. The molecule has 112 valence electrons. The van der Waals surface area contributed by atoms with E-state index < -0.39 is 0 Å². The highest BCUT2D eigenvalue weighted by Gasteiger charge is 2.12. The van der Waals surface area contributed by atoms with E-state index in [1.54, 1.807) is 0 Å². The number of hydrogen-bond donors (Lipinski definition) is 1. The molecule has 3 heteroatoms. The van der Waals surface area contributed by atoms with Crippen LogP contribution in [0.1, 0.15) is 35.5 Å². The molecule has 1 heterocycles. The van der Waals surface area contributed by atoms with Crippen LogP contribution in [-0.2, 0) is 6.54 Å². The largest absolute Gasteiger partial charge is 0.323 e. The molecule has 0 radical (unpaired) electrons. The van der Waals surface area contributed by atoms with Gasteiger partial charge >= 0.3 is 0 Å². The van der Waals surface area contributed by atoms with Crippen molar-refractivity contribution >= 4 is 0 Å². The lowest BCUT2D eigenvalue weighted by Crippen LogP contribution is -2.32. The van der Waals surface area contributed by atoms with Crippen molar-refractivity contribution in [1.29, 1.82) is 0 Å². The van der Waals surface area contributed by atoms with Crippen LogP contribution in [-0.4, -0.2) is 23.0 Å². The first kappa shape index (κ1) is 15.7. The quantitative estimate of drug-likeness (QED) is 0.885. The molecular formula is C18H25N3. The van der Waals surface area contributed by atoms with E-state index in [2.05, 4.69) is 60.1 Å². The Morgan fingerprint density at radius 3 is 2.57 bits per heavy atom. The van der Waals surface area contributed by atoms with E-state index in [-0.39, 0.29) is 6.04 Å². The van der Waals surface area contributed by atoms with Crippen LogP contribution in [0.3, 0.4) is 0 Å². The van der Waals surface area contributed by atoms with E-state index in [9.17, 15) is 0 Å². The van der Waals surface area contributed by atoms with Gasteiger partial charge in [-0.2, -0.15) is 0 Å². The van der Waals surface area contributed by atoms with Gasteiger partial charge in [-0.05, 0) is 38.1 Å². The third-order valence-corrected chi connectivity index (χ3v) is 3.70. The minimum Gasteiger partial charge on any atom is -0.323 e. The molecule has 2 aromatic rings. The second kappa shape index (κ2) is 7.34. The Morgan fingerprint density at radius 1 is 1.14 bits per heavy atom. The molecule has 1 aromatic heterocycles. The van der Waals surface area contributed by atoms with Crippen LogP contribution in [0.2, 0.25) is 0 Å². The lowest BCUT2D eigenvalue weighted by molar-refractivity contribution is 0.259. The molecule has 0 spiro atoms. The molecule has 0 saturated carbocycles. The van der Waals surface area contributed by atoms with Crippen LogP contribution in [0.5, 0.6) is 0 Å². The molecule has 0 aliphatic heterocycles. The Labute approximate surface area is 127 Å². The van der Waals surface area contributed by atoms with Crippen molar-refractivity contribution in [1.82, 2.24) is 9.88 Å². The fourth-order valence-corrected chi connectivity index (χ4v) is 2.51. The zero-order valence-electron chi connectivity index (χ0n) is 13.2. The first-order chi connectivity index (χ1) is 10.1. The second-order valence-corrected chi connectivity index (χ2v) is 5.62. The number of hydrogen-bond acceptors (Lipinski definition) is 3. The van der Waals surface area contributed by atoms with Crippen molar-refractivity contribution in [2.75, 3.05) is 13.1 Å². The number of nitrogens with zero attached hydrogens (tertiary/aromatic N) is 2. The molecule has 1 aromatic carbocycles. The smallest absolute Gasteiger partial charge is 0.0547 e. The average molecular weight is 283 g/mol. The monoisotopic (exact) mass is 283 g/mol. The minimum absolute atomic E-state index is 0.0367. The van der Waals surface area contributed by atoms with Gasteiger partial charge in [-0.25, -0.2) is 0 Å². The summed E-state index contributed by atoms with van der Waals surface area (Å²) in [6, 6.07) is 14.7. The summed E-state index contributed by atoms with van der Waals surface area (Å²) in [5.41, 5.74) is 11.0. The Morgan fingerprint density at radius 2 is 1.90 bits per heavy atom. The van der Waals surface area contributed by atoms with Crippen LogP contribution in [0.4, 0.5) is 0 Å². The highest BCUT2D eigenvalue weighted by Crippen LogP contribution is 2.14. The number of benzene rings is 1. The van der Waals surface area contributed by atoms with Gasteiger partial charge in [0.1, 0.15) is 0 Å². The van der Waals surface area contributed by atoms with E-state index in [4.69, 9.17) is 5.73 Å². The highest BCUT2D eigenvalue weighted by atomic mass is 15.1. The van der Waals surface area contributed by atoms with Crippen LogP contribution in [0, 0.1) is 13.8 Å². The van der Waals surface area contributed by atoms with Crippen molar-refractivity contribution < 1.29 is 0 Å². The number of aromatic nitrogens is 1. The number of pyridine rings is 1. The second-order valence-electron chi connectivity index (χ2n) is 5.62. The summed E-state index contributed by atoms with van der Waals surface area (Å²) in [7, 11) is 0. The van der Waals surface area contributed by atoms with Crippen molar-refractivity contribution in [3.8, 4) is 0 Å². The lowest BCUT2D eigenvalue weighted by atomic mass is 10.0. The summed E-state index contributed by atoms with van der Waals surface area (Å²) in [6.45, 7) is 8.95. The molecule has 2 rings (SSSR count). The first-order valence-electron chi connectivity index (χ1n) is 7.55. The number of likely N-dealkylation sites (N-methyl/N-ethyl adjacent to an activating group) is 1. The van der Waals surface area contributed by atoms with Gasteiger partial charge in [-0.1, -0.05) is 42.8 Å². The summed E-state index contributed by atoms with van der Waals surface area (Å²) >= 11 is 0. The first-order valence-corrected chi connectivity index (χ1v) is 7.55. The highest BCUT2D eigenvalue weighted by molar-refractivity contribution is 5.25. The topological polar surface area (TPSA) is 42.2 Å². The van der Waals surface area contributed by atoms with Gasteiger partial charge in [-0.3, -0.25) is 9.88 Å². The molecule has 0 aliphatic rings. The third kappa shape index (κ3) is 4.66. The minimum atomic E-state index is 0.0367. The molecular weight excluding hydrogens is 258 g/mol. The van der Waals surface area contributed by atoms with Crippen LogP contribution in [0.15, 0.2) is 42.5 Å². The molecule has 0 bridgehead atoms. The normalized spacial score (nSPS) is 12.6. The molecule has 0 amide bonds. The molecule has 3 nitrogen and oxygen atoms in total. The third-order valence-electron chi connectivity index (χ3n) is 3.70. The van der Waals surface area contributed by atoms with Crippen molar-refractivity contribution in [2.45, 2.75) is 33.4 Å². The molecule has 0 fully saturated rings. The number of rotatable bonds is 6. The zero-order valence-corrected chi connectivity index (χ0v) is 13.2. The van der Waals surface area contributed by atoms with Gasteiger partial charge in [0, 0.05) is 24.8 Å². The molecule has 0 saturated heterocycles. The van der Waals surface area contributed by atoms with E-state index in [1.165, 1.54) is 11.1 Å². The Balaban J connectivity index is 2.01. The summed E-state index contributed by atoms with van der Waals surface area (Å²) in [5.74, 6) is 0.